The van der Waals surface area contributed by atoms with E-state index < -0.39 is 0 Å². The van der Waals surface area contributed by atoms with Crippen molar-refractivity contribution in [1.29, 1.82) is 0 Å². The Labute approximate surface area is 112 Å². The molecule has 1 aromatic carbocycles. The molecule has 4 nitrogen and oxygen atoms in total. The molecule has 0 saturated heterocycles. The summed E-state index contributed by atoms with van der Waals surface area (Å²) in [6.45, 7) is 1.90. The van der Waals surface area contributed by atoms with Gasteiger partial charge in [-0.05, 0) is 31.2 Å². The van der Waals surface area contributed by atoms with Gasteiger partial charge in [0, 0.05) is 23.5 Å². The van der Waals surface area contributed by atoms with E-state index in [0.717, 1.165) is 5.56 Å². The largest absolute Gasteiger partial charge is 0.493 e. The van der Waals surface area contributed by atoms with Crippen LogP contribution in [0.3, 0.4) is 0 Å². The molecule has 0 radical (unpaired) electrons. The molecule has 0 saturated carbocycles. The van der Waals surface area contributed by atoms with Crippen LogP contribution in [0, 0.1) is 0 Å². The number of ketones is 1. The van der Waals surface area contributed by atoms with Crippen LogP contribution in [0.1, 0.15) is 22.8 Å². The highest BCUT2D eigenvalue weighted by Crippen LogP contribution is 2.28. The van der Waals surface area contributed by atoms with Crippen molar-refractivity contribution >= 4 is 5.78 Å². The molecule has 2 rings (SSSR count). The number of hydrogen-bond donors (Lipinski definition) is 0. The number of hydrogen-bond acceptors (Lipinski definition) is 4. The second kappa shape index (κ2) is 6.00. The van der Waals surface area contributed by atoms with Gasteiger partial charge < -0.3 is 9.47 Å². The number of benzene rings is 1. The Balaban J connectivity index is 2.18. The number of aromatic nitrogens is 1. The fourth-order valence-corrected chi connectivity index (χ4v) is 1.65. The molecule has 2 aromatic rings. The molecule has 98 valence electrons. The van der Waals surface area contributed by atoms with Gasteiger partial charge in [-0.15, -0.1) is 0 Å². The third kappa shape index (κ3) is 3.31. The van der Waals surface area contributed by atoms with E-state index in [1.807, 2.05) is 12.1 Å². The highest BCUT2D eigenvalue weighted by molar-refractivity contribution is 5.94. The minimum absolute atomic E-state index is 0.00567. The van der Waals surface area contributed by atoms with E-state index >= 15 is 0 Å². The Morgan fingerprint density at radius 2 is 2.11 bits per heavy atom. The number of ether oxygens (including phenoxy) is 2. The molecule has 0 aliphatic carbocycles. The Hall–Kier alpha value is -2.36. The van der Waals surface area contributed by atoms with E-state index in [0.29, 0.717) is 23.7 Å². The van der Waals surface area contributed by atoms with Crippen molar-refractivity contribution in [3.8, 4) is 11.5 Å². The number of rotatable bonds is 5. The average Bonchev–Trinajstić information content (AvgIpc) is 2.45. The number of Topliss-reactive ketones (excluding diaryl/α,β-unsaturated/α-hetero) is 1. The van der Waals surface area contributed by atoms with Gasteiger partial charge in [-0.3, -0.25) is 9.78 Å². The lowest BCUT2D eigenvalue weighted by Crippen LogP contribution is -2.00. The van der Waals surface area contributed by atoms with Crippen LogP contribution in [-0.2, 0) is 6.61 Å². The predicted octanol–water partition coefficient (Wildman–Crippen LogP) is 2.87. The minimum Gasteiger partial charge on any atom is -0.493 e. The van der Waals surface area contributed by atoms with Gasteiger partial charge in [0.15, 0.2) is 17.3 Å². The zero-order valence-electron chi connectivity index (χ0n) is 10.9. The number of carbonyl (C=O) groups excluding carboxylic acids is 1. The maximum atomic E-state index is 11.4. The highest BCUT2D eigenvalue weighted by atomic mass is 16.5. The smallest absolute Gasteiger partial charge is 0.162 e. The summed E-state index contributed by atoms with van der Waals surface area (Å²) in [5.41, 5.74) is 1.56. The fourth-order valence-electron chi connectivity index (χ4n) is 1.65. The molecular weight excluding hydrogens is 242 g/mol. The molecule has 0 N–H and O–H groups in total. The Kier molecular flexibility index (Phi) is 4.13. The molecule has 0 bridgehead atoms. The second-order valence-electron chi connectivity index (χ2n) is 4.07. The Morgan fingerprint density at radius 1 is 1.26 bits per heavy atom. The van der Waals surface area contributed by atoms with Gasteiger partial charge in [0.05, 0.1) is 7.11 Å². The first kappa shape index (κ1) is 13.1. The van der Waals surface area contributed by atoms with Crippen molar-refractivity contribution in [2.45, 2.75) is 13.5 Å². The normalized spacial score (nSPS) is 10.0. The molecule has 19 heavy (non-hydrogen) atoms. The molecule has 0 fully saturated rings. The molecule has 4 heteroatoms. The Morgan fingerprint density at radius 3 is 2.74 bits per heavy atom. The van der Waals surface area contributed by atoms with E-state index in [9.17, 15) is 4.79 Å². The van der Waals surface area contributed by atoms with Gasteiger partial charge in [-0.1, -0.05) is 6.07 Å². The van der Waals surface area contributed by atoms with Crippen molar-refractivity contribution in [1.82, 2.24) is 4.98 Å². The zero-order chi connectivity index (χ0) is 13.7. The Bertz CT molecular complexity index is 567. The molecule has 0 spiro atoms. The summed E-state index contributed by atoms with van der Waals surface area (Å²) in [6, 6.07) is 8.92. The lowest BCUT2D eigenvalue weighted by molar-refractivity contribution is 0.101. The minimum atomic E-state index is -0.00567. The first-order valence-corrected chi connectivity index (χ1v) is 5.91. The molecule has 0 amide bonds. The van der Waals surface area contributed by atoms with E-state index in [-0.39, 0.29) is 5.78 Å². The topological polar surface area (TPSA) is 48.4 Å². The van der Waals surface area contributed by atoms with Gasteiger partial charge in [0.2, 0.25) is 0 Å². The van der Waals surface area contributed by atoms with E-state index in [1.165, 1.54) is 6.92 Å². The standard InChI is InChI=1S/C15H15NO3/c1-11(17)13-5-6-14(18-2)15(8-13)19-10-12-4-3-7-16-9-12/h3-9H,10H2,1-2H3. The summed E-state index contributed by atoms with van der Waals surface area (Å²) in [6.07, 6.45) is 3.45. The van der Waals surface area contributed by atoms with Crippen LogP contribution in [0.2, 0.25) is 0 Å². The quantitative estimate of drug-likeness (QED) is 0.773. The monoisotopic (exact) mass is 257 g/mol. The number of carbonyl (C=O) groups is 1. The highest BCUT2D eigenvalue weighted by Gasteiger charge is 2.08. The van der Waals surface area contributed by atoms with Gasteiger partial charge in [-0.2, -0.15) is 0 Å². The molecule has 1 heterocycles. The van der Waals surface area contributed by atoms with Crippen LogP contribution in [-0.4, -0.2) is 17.9 Å². The van der Waals surface area contributed by atoms with E-state index in [1.54, 1.807) is 37.7 Å². The third-order valence-corrected chi connectivity index (χ3v) is 2.69. The first-order valence-electron chi connectivity index (χ1n) is 5.91. The number of nitrogens with zero attached hydrogens (tertiary/aromatic N) is 1. The number of methoxy groups -OCH3 is 1. The van der Waals surface area contributed by atoms with Gasteiger partial charge in [0.1, 0.15) is 6.61 Å². The van der Waals surface area contributed by atoms with Gasteiger partial charge in [-0.25, -0.2) is 0 Å². The maximum absolute atomic E-state index is 11.4. The van der Waals surface area contributed by atoms with Crippen LogP contribution in [0.15, 0.2) is 42.7 Å². The molecule has 0 aliphatic rings. The fraction of sp³-hybridized carbons (Fsp3) is 0.200. The van der Waals surface area contributed by atoms with E-state index in [2.05, 4.69) is 4.98 Å². The summed E-state index contributed by atoms with van der Waals surface area (Å²) < 4.78 is 10.9. The van der Waals surface area contributed by atoms with Crippen LogP contribution in [0.25, 0.3) is 0 Å². The van der Waals surface area contributed by atoms with Crippen LogP contribution in [0.4, 0.5) is 0 Å². The van der Waals surface area contributed by atoms with Crippen molar-refractivity contribution in [3.63, 3.8) is 0 Å². The molecule has 1 aromatic heterocycles. The van der Waals surface area contributed by atoms with E-state index in [4.69, 9.17) is 9.47 Å². The van der Waals surface area contributed by atoms with Crippen LogP contribution >= 0.6 is 0 Å². The zero-order valence-corrected chi connectivity index (χ0v) is 10.9. The SMILES string of the molecule is COc1ccc(C(C)=O)cc1OCc1cccnc1. The van der Waals surface area contributed by atoms with Crippen molar-refractivity contribution in [3.05, 3.63) is 53.9 Å². The van der Waals surface area contributed by atoms with Gasteiger partial charge in [0.25, 0.3) is 0 Å². The van der Waals surface area contributed by atoms with Crippen LogP contribution in [0.5, 0.6) is 11.5 Å². The first-order chi connectivity index (χ1) is 9.20. The molecule has 0 atom stereocenters. The summed E-state index contributed by atoms with van der Waals surface area (Å²) >= 11 is 0. The second-order valence-corrected chi connectivity index (χ2v) is 4.07. The van der Waals surface area contributed by atoms with Crippen molar-refractivity contribution in [2.24, 2.45) is 0 Å². The summed E-state index contributed by atoms with van der Waals surface area (Å²) in [5.74, 6) is 1.15. The third-order valence-electron chi connectivity index (χ3n) is 2.69. The number of pyridine rings is 1. The maximum Gasteiger partial charge on any atom is 0.162 e. The lowest BCUT2D eigenvalue weighted by atomic mass is 10.1. The predicted molar refractivity (Wildman–Crippen MR) is 71.6 cm³/mol. The van der Waals surface area contributed by atoms with Crippen LogP contribution < -0.4 is 9.47 Å². The van der Waals surface area contributed by atoms with Gasteiger partial charge >= 0.3 is 0 Å². The van der Waals surface area contributed by atoms with Crippen molar-refractivity contribution in [2.75, 3.05) is 7.11 Å². The molecular formula is C15H15NO3. The molecule has 0 unspecified atom stereocenters. The summed E-state index contributed by atoms with van der Waals surface area (Å²) in [7, 11) is 1.57. The average molecular weight is 257 g/mol. The van der Waals surface area contributed by atoms with Crippen molar-refractivity contribution < 1.29 is 14.3 Å². The summed E-state index contributed by atoms with van der Waals surface area (Å²) in [5, 5.41) is 0. The summed E-state index contributed by atoms with van der Waals surface area (Å²) in [4.78, 5) is 15.4. The lowest BCUT2D eigenvalue weighted by Gasteiger charge is -2.11. The molecule has 0 aliphatic heterocycles.